The van der Waals surface area contributed by atoms with Crippen LogP contribution in [0.25, 0.3) is 0 Å². The number of hydrogen-bond acceptors (Lipinski definition) is 5. The summed E-state index contributed by atoms with van der Waals surface area (Å²) in [4.78, 5) is 17.6. The molecule has 6 nitrogen and oxygen atoms in total. The normalized spacial score (nSPS) is 14.5. The quantitative estimate of drug-likeness (QED) is 0.710. The van der Waals surface area contributed by atoms with Crippen LogP contribution < -0.4 is 5.32 Å². The summed E-state index contributed by atoms with van der Waals surface area (Å²) in [7, 11) is -3.61. The second-order valence-electron chi connectivity index (χ2n) is 6.61. The molecule has 0 aliphatic carbocycles. The number of fused-ring (bicyclic) bond motifs is 1. The Morgan fingerprint density at radius 1 is 1.11 bits per heavy atom. The largest absolute Gasteiger partial charge is 0.298 e. The van der Waals surface area contributed by atoms with E-state index in [2.05, 4.69) is 10.3 Å². The molecule has 0 radical (unpaired) electrons. The second kappa shape index (κ2) is 7.46. The van der Waals surface area contributed by atoms with E-state index >= 15 is 0 Å². The Labute approximate surface area is 167 Å². The predicted molar refractivity (Wildman–Crippen MR) is 109 cm³/mol. The van der Waals surface area contributed by atoms with Gasteiger partial charge in [-0.3, -0.25) is 10.1 Å². The Bertz CT molecular complexity index is 1120. The van der Waals surface area contributed by atoms with E-state index in [0.29, 0.717) is 30.2 Å². The fourth-order valence-corrected chi connectivity index (χ4v) is 5.26. The van der Waals surface area contributed by atoms with Crippen molar-refractivity contribution in [3.8, 4) is 0 Å². The van der Waals surface area contributed by atoms with E-state index in [1.807, 2.05) is 31.2 Å². The lowest BCUT2D eigenvalue weighted by molar-refractivity contribution is 0.102. The second-order valence-corrected chi connectivity index (χ2v) is 9.78. The molecule has 3 aromatic rings. The van der Waals surface area contributed by atoms with Crippen LogP contribution in [0.15, 0.2) is 59.6 Å². The van der Waals surface area contributed by atoms with Gasteiger partial charge in [-0.05, 0) is 48.7 Å². The van der Waals surface area contributed by atoms with Crippen LogP contribution in [-0.2, 0) is 23.0 Å². The first-order valence-corrected chi connectivity index (χ1v) is 11.1. The number of anilines is 1. The standard InChI is InChI=1S/C20H19N3O3S2/c1-14-12-21-20(27-14)22-19(24)16-6-8-18(9-7-16)28(25,26)23-11-10-15-4-2-3-5-17(15)13-23/h2-9,12H,10-11,13H2,1H3,(H,21,22,24). The van der Waals surface area contributed by atoms with Gasteiger partial charge in [0.2, 0.25) is 10.0 Å². The first-order valence-electron chi connectivity index (χ1n) is 8.84. The Kier molecular flexibility index (Phi) is 5.01. The molecule has 144 valence electrons. The molecule has 2 aromatic carbocycles. The Morgan fingerprint density at radius 3 is 2.50 bits per heavy atom. The lowest BCUT2D eigenvalue weighted by atomic mass is 10.0. The maximum absolute atomic E-state index is 13.0. The van der Waals surface area contributed by atoms with Crippen LogP contribution in [0, 0.1) is 6.92 Å². The number of carbonyl (C=O) groups is 1. The van der Waals surface area contributed by atoms with Crippen LogP contribution >= 0.6 is 11.3 Å². The van der Waals surface area contributed by atoms with E-state index in [0.717, 1.165) is 10.4 Å². The van der Waals surface area contributed by atoms with Crippen molar-refractivity contribution in [1.29, 1.82) is 0 Å². The molecular weight excluding hydrogens is 394 g/mol. The smallest absolute Gasteiger partial charge is 0.257 e. The molecule has 0 saturated heterocycles. The number of benzene rings is 2. The number of nitrogens with zero attached hydrogens (tertiary/aromatic N) is 2. The van der Waals surface area contributed by atoms with Gasteiger partial charge in [-0.2, -0.15) is 4.31 Å². The van der Waals surface area contributed by atoms with Crippen LogP contribution in [0.5, 0.6) is 0 Å². The van der Waals surface area contributed by atoms with Gasteiger partial charge in [0.1, 0.15) is 0 Å². The third kappa shape index (κ3) is 3.71. The molecule has 0 saturated carbocycles. The third-order valence-corrected chi connectivity index (χ3v) is 7.38. The first-order chi connectivity index (χ1) is 13.4. The number of aryl methyl sites for hydroxylation is 1. The van der Waals surface area contributed by atoms with Gasteiger partial charge in [-0.15, -0.1) is 11.3 Å². The zero-order chi connectivity index (χ0) is 19.7. The van der Waals surface area contributed by atoms with Crippen molar-refractivity contribution in [3.05, 3.63) is 76.3 Å². The molecule has 1 amide bonds. The van der Waals surface area contributed by atoms with Gasteiger partial charge in [-0.1, -0.05) is 24.3 Å². The zero-order valence-corrected chi connectivity index (χ0v) is 16.9. The number of sulfonamides is 1. The number of rotatable bonds is 4. The minimum absolute atomic E-state index is 0.188. The molecule has 1 aliphatic rings. The monoisotopic (exact) mass is 413 g/mol. The highest BCUT2D eigenvalue weighted by Crippen LogP contribution is 2.25. The summed E-state index contributed by atoms with van der Waals surface area (Å²) in [5.41, 5.74) is 2.61. The van der Waals surface area contributed by atoms with Crippen molar-refractivity contribution < 1.29 is 13.2 Å². The summed E-state index contributed by atoms with van der Waals surface area (Å²) in [5.74, 6) is -0.315. The summed E-state index contributed by atoms with van der Waals surface area (Å²) < 4.78 is 27.5. The lowest BCUT2D eigenvalue weighted by Gasteiger charge is -2.28. The number of nitrogens with one attached hydrogen (secondary N) is 1. The van der Waals surface area contributed by atoms with Crippen LogP contribution in [0.3, 0.4) is 0 Å². The number of thiazole rings is 1. The number of amides is 1. The average Bonchev–Trinajstić information content (AvgIpc) is 3.12. The molecule has 1 N–H and O–H groups in total. The van der Waals surface area contributed by atoms with E-state index in [9.17, 15) is 13.2 Å². The molecular formula is C20H19N3O3S2. The van der Waals surface area contributed by atoms with Gasteiger partial charge in [0, 0.05) is 29.7 Å². The summed E-state index contributed by atoms with van der Waals surface area (Å²) in [6, 6.07) is 13.9. The molecule has 0 bridgehead atoms. The average molecular weight is 414 g/mol. The molecule has 2 heterocycles. The van der Waals surface area contributed by atoms with Crippen molar-refractivity contribution >= 4 is 32.4 Å². The van der Waals surface area contributed by atoms with E-state index in [1.54, 1.807) is 6.20 Å². The molecule has 0 spiro atoms. The van der Waals surface area contributed by atoms with Gasteiger partial charge >= 0.3 is 0 Å². The summed E-state index contributed by atoms with van der Waals surface area (Å²) >= 11 is 1.39. The highest BCUT2D eigenvalue weighted by Gasteiger charge is 2.28. The minimum atomic E-state index is -3.61. The number of carbonyl (C=O) groups excluding carboxylic acids is 1. The van der Waals surface area contributed by atoms with E-state index < -0.39 is 10.0 Å². The lowest BCUT2D eigenvalue weighted by Crippen LogP contribution is -2.35. The zero-order valence-electron chi connectivity index (χ0n) is 15.3. The van der Waals surface area contributed by atoms with Crippen molar-refractivity contribution in [3.63, 3.8) is 0 Å². The van der Waals surface area contributed by atoms with Gasteiger partial charge < -0.3 is 0 Å². The molecule has 0 unspecified atom stereocenters. The highest BCUT2D eigenvalue weighted by atomic mass is 32.2. The number of hydrogen-bond donors (Lipinski definition) is 1. The van der Waals surface area contributed by atoms with Crippen molar-refractivity contribution in [2.75, 3.05) is 11.9 Å². The van der Waals surface area contributed by atoms with E-state index in [4.69, 9.17) is 0 Å². The van der Waals surface area contributed by atoms with E-state index in [-0.39, 0.29) is 10.8 Å². The Hall–Kier alpha value is -2.55. The van der Waals surface area contributed by atoms with Crippen LogP contribution in [0.4, 0.5) is 5.13 Å². The van der Waals surface area contributed by atoms with Gasteiger partial charge in [0.25, 0.3) is 5.91 Å². The minimum Gasteiger partial charge on any atom is -0.298 e. The summed E-state index contributed by atoms with van der Waals surface area (Å²) in [6.45, 7) is 2.72. The van der Waals surface area contributed by atoms with Crippen molar-refractivity contribution in [2.24, 2.45) is 0 Å². The van der Waals surface area contributed by atoms with Gasteiger partial charge in [-0.25, -0.2) is 13.4 Å². The first kappa shape index (κ1) is 18.8. The maximum atomic E-state index is 13.0. The maximum Gasteiger partial charge on any atom is 0.257 e. The topological polar surface area (TPSA) is 79.4 Å². The number of aromatic nitrogens is 1. The molecule has 28 heavy (non-hydrogen) atoms. The molecule has 1 aliphatic heterocycles. The predicted octanol–water partition coefficient (Wildman–Crippen LogP) is 3.45. The van der Waals surface area contributed by atoms with Crippen molar-refractivity contribution in [2.45, 2.75) is 24.8 Å². The van der Waals surface area contributed by atoms with Crippen LogP contribution in [-0.4, -0.2) is 30.2 Å². The van der Waals surface area contributed by atoms with Gasteiger partial charge in [0.15, 0.2) is 5.13 Å². The van der Waals surface area contributed by atoms with Crippen LogP contribution in [0.2, 0.25) is 0 Å². The fraction of sp³-hybridized carbons (Fsp3) is 0.200. The molecule has 8 heteroatoms. The molecule has 4 rings (SSSR count). The van der Waals surface area contributed by atoms with Crippen LogP contribution in [0.1, 0.15) is 26.4 Å². The van der Waals surface area contributed by atoms with Crippen molar-refractivity contribution in [1.82, 2.24) is 9.29 Å². The summed E-state index contributed by atoms with van der Waals surface area (Å²) in [5, 5.41) is 3.24. The fourth-order valence-electron chi connectivity index (χ4n) is 3.18. The SMILES string of the molecule is Cc1cnc(NC(=O)c2ccc(S(=O)(=O)N3CCc4ccccc4C3)cc2)s1. The highest BCUT2D eigenvalue weighted by molar-refractivity contribution is 7.89. The van der Waals surface area contributed by atoms with E-state index in [1.165, 1.54) is 45.5 Å². The molecule has 1 aromatic heterocycles. The molecule has 0 fully saturated rings. The molecule has 0 atom stereocenters. The van der Waals surface area contributed by atoms with Gasteiger partial charge in [0.05, 0.1) is 4.90 Å². The third-order valence-electron chi connectivity index (χ3n) is 4.69. The Balaban J connectivity index is 1.51. The summed E-state index contributed by atoms with van der Waals surface area (Å²) in [6.07, 6.45) is 2.38. The Morgan fingerprint density at radius 2 is 1.82 bits per heavy atom.